The molecule has 0 bridgehead atoms. The number of fused-ring (bicyclic) bond motifs is 7. The highest BCUT2D eigenvalue weighted by atomic mass is 32.1. The minimum Gasteiger partial charge on any atom is -0.347 e. The van der Waals surface area contributed by atoms with Gasteiger partial charge in [0.15, 0.2) is 0 Å². The Balaban J connectivity index is 1.67. The Hall–Kier alpha value is -3.36. The first-order valence-corrected chi connectivity index (χ1v) is 10.3. The summed E-state index contributed by atoms with van der Waals surface area (Å²) in [6.07, 6.45) is 0. The van der Waals surface area contributed by atoms with Crippen molar-refractivity contribution in [2.75, 3.05) is 5.32 Å². The fraction of sp³-hybridized carbons (Fsp3) is 0. The van der Waals surface area contributed by atoms with Crippen LogP contribution in [0.4, 0.5) is 10.7 Å². The van der Waals surface area contributed by atoms with Crippen LogP contribution in [-0.4, -0.2) is 0 Å². The summed E-state index contributed by atoms with van der Waals surface area (Å²) in [4.78, 5) is 0. The van der Waals surface area contributed by atoms with Gasteiger partial charge in [0.25, 0.3) is 0 Å². The Morgan fingerprint density at radius 3 is 1.82 bits per heavy atom. The lowest BCUT2D eigenvalue weighted by Gasteiger charge is -2.14. The summed E-state index contributed by atoms with van der Waals surface area (Å²) < 4.78 is 1.31. The zero-order chi connectivity index (χ0) is 18.5. The van der Waals surface area contributed by atoms with Gasteiger partial charge in [-0.2, -0.15) is 0 Å². The molecule has 1 aromatic heterocycles. The van der Waals surface area contributed by atoms with Gasteiger partial charge in [-0.1, -0.05) is 78.9 Å². The first kappa shape index (κ1) is 15.7. The van der Waals surface area contributed by atoms with Gasteiger partial charge in [-0.05, 0) is 50.5 Å². The molecule has 1 nitrogen and oxygen atoms in total. The zero-order valence-corrected chi connectivity index (χ0v) is 16.0. The van der Waals surface area contributed by atoms with Crippen LogP contribution in [0.15, 0.2) is 97.1 Å². The van der Waals surface area contributed by atoms with Gasteiger partial charge in [-0.3, -0.25) is 0 Å². The number of anilines is 2. The topological polar surface area (TPSA) is 12.0 Å². The molecule has 132 valence electrons. The predicted octanol–water partition coefficient (Wildman–Crippen LogP) is 8.10. The summed E-state index contributed by atoms with van der Waals surface area (Å²) in [5, 5.41) is 14.0. The van der Waals surface area contributed by atoms with Gasteiger partial charge in [0, 0.05) is 15.8 Å². The van der Waals surface area contributed by atoms with Crippen molar-refractivity contribution in [1.29, 1.82) is 0 Å². The van der Waals surface area contributed by atoms with Gasteiger partial charge in [-0.25, -0.2) is 0 Å². The maximum absolute atomic E-state index is 3.71. The molecule has 0 unspecified atom stereocenters. The third kappa shape index (κ3) is 2.32. The van der Waals surface area contributed by atoms with Gasteiger partial charge < -0.3 is 5.32 Å². The summed E-state index contributed by atoms with van der Waals surface area (Å²) in [6, 6.07) is 34.8. The van der Waals surface area contributed by atoms with Gasteiger partial charge in [0.1, 0.15) is 0 Å². The van der Waals surface area contributed by atoms with Crippen molar-refractivity contribution in [3.63, 3.8) is 0 Å². The van der Waals surface area contributed by atoms with Crippen LogP contribution in [0.5, 0.6) is 0 Å². The minimum absolute atomic E-state index is 1.16. The standard InChI is InChI=1S/C26H17NS/c1-6-15-24-17(8-1)16-25(28-24)27-23-14-7-13-22-20-10-3-2-9-18(20)19-11-4-5-12-21(19)26(22)23/h1-16,27H. The third-order valence-electron chi connectivity index (χ3n) is 5.45. The zero-order valence-electron chi connectivity index (χ0n) is 15.1. The highest BCUT2D eigenvalue weighted by Gasteiger charge is 2.12. The first-order valence-electron chi connectivity index (χ1n) is 9.46. The van der Waals surface area contributed by atoms with Crippen LogP contribution in [0.25, 0.3) is 42.4 Å². The molecule has 0 fully saturated rings. The largest absolute Gasteiger partial charge is 0.347 e. The van der Waals surface area contributed by atoms with E-state index in [1.54, 1.807) is 11.3 Å². The molecule has 0 aliphatic carbocycles. The van der Waals surface area contributed by atoms with Crippen molar-refractivity contribution in [1.82, 2.24) is 0 Å². The second-order valence-corrected chi connectivity index (χ2v) is 8.18. The normalized spacial score (nSPS) is 11.6. The Labute approximate surface area is 166 Å². The fourth-order valence-electron chi connectivity index (χ4n) is 4.24. The molecule has 5 aromatic carbocycles. The number of benzene rings is 5. The Morgan fingerprint density at radius 1 is 0.536 bits per heavy atom. The van der Waals surface area contributed by atoms with Crippen molar-refractivity contribution >= 4 is 64.4 Å². The lowest BCUT2D eigenvalue weighted by Crippen LogP contribution is -1.91. The second-order valence-electron chi connectivity index (χ2n) is 7.09. The van der Waals surface area contributed by atoms with E-state index in [-0.39, 0.29) is 0 Å². The van der Waals surface area contributed by atoms with Crippen LogP contribution in [0, 0.1) is 0 Å². The average molecular weight is 375 g/mol. The smallest absolute Gasteiger partial charge is 0.0939 e. The van der Waals surface area contributed by atoms with Crippen molar-refractivity contribution < 1.29 is 0 Å². The molecule has 0 aliphatic heterocycles. The van der Waals surface area contributed by atoms with Gasteiger partial charge in [0.2, 0.25) is 0 Å². The van der Waals surface area contributed by atoms with E-state index in [2.05, 4.69) is 102 Å². The van der Waals surface area contributed by atoms with E-state index in [1.807, 2.05) is 0 Å². The number of hydrogen-bond acceptors (Lipinski definition) is 2. The summed E-state index contributed by atoms with van der Waals surface area (Å²) in [5.41, 5.74) is 1.16. The molecule has 0 atom stereocenters. The summed E-state index contributed by atoms with van der Waals surface area (Å²) in [7, 11) is 0. The van der Waals surface area contributed by atoms with Crippen LogP contribution >= 0.6 is 11.3 Å². The minimum atomic E-state index is 1.16. The fourth-order valence-corrected chi connectivity index (χ4v) is 5.21. The van der Waals surface area contributed by atoms with Crippen molar-refractivity contribution in [3.8, 4) is 0 Å². The van der Waals surface area contributed by atoms with Crippen molar-refractivity contribution in [2.45, 2.75) is 0 Å². The quantitative estimate of drug-likeness (QED) is 0.301. The molecule has 6 aromatic rings. The van der Waals surface area contributed by atoms with Crippen LogP contribution in [0.1, 0.15) is 0 Å². The molecule has 0 aliphatic rings. The van der Waals surface area contributed by atoms with E-state index >= 15 is 0 Å². The molecule has 0 saturated carbocycles. The maximum atomic E-state index is 3.71. The Morgan fingerprint density at radius 2 is 1.11 bits per heavy atom. The molecule has 28 heavy (non-hydrogen) atoms. The molecule has 1 N–H and O–H groups in total. The van der Waals surface area contributed by atoms with Crippen LogP contribution in [-0.2, 0) is 0 Å². The second kappa shape index (κ2) is 6.08. The van der Waals surface area contributed by atoms with Crippen molar-refractivity contribution in [3.05, 3.63) is 97.1 Å². The van der Waals surface area contributed by atoms with Crippen LogP contribution in [0.2, 0.25) is 0 Å². The van der Waals surface area contributed by atoms with E-state index in [4.69, 9.17) is 0 Å². The van der Waals surface area contributed by atoms with Crippen LogP contribution < -0.4 is 5.32 Å². The predicted molar refractivity (Wildman–Crippen MR) is 124 cm³/mol. The first-order chi connectivity index (χ1) is 13.9. The lowest BCUT2D eigenvalue weighted by molar-refractivity contribution is 1.68. The van der Waals surface area contributed by atoms with E-state index in [0.717, 1.165) is 5.69 Å². The average Bonchev–Trinajstić information content (AvgIpc) is 3.16. The van der Waals surface area contributed by atoms with Gasteiger partial charge >= 0.3 is 0 Å². The number of rotatable bonds is 2. The molecular weight excluding hydrogens is 358 g/mol. The molecule has 0 saturated heterocycles. The summed E-state index contributed by atoms with van der Waals surface area (Å²) in [5.74, 6) is 0. The van der Waals surface area contributed by atoms with Crippen molar-refractivity contribution in [2.24, 2.45) is 0 Å². The monoisotopic (exact) mass is 375 g/mol. The highest BCUT2D eigenvalue weighted by molar-refractivity contribution is 7.22. The Bertz CT molecular complexity index is 1410. The molecule has 6 rings (SSSR count). The molecule has 0 spiro atoms. The molecule has 1 heterocycles. The van der Waals surface area contributed by atoms with Crippen LogP contribution in [0.3, 0.4) is 0 Å². The summed E-state index contributed by atoms with van der Waals surface area (Å²) >= 11 is 1.80. The lowest BCUT2D eigenvalue weighted by atomic mass is 9.93. The van der Waals surface area contributed by atoms with Gasteiger partial charge in [0.05, 0.1) is 5.00 Å². The highest BCUT2D eigenvalue weighted by Crippen LogP contribution is 2.40. The summed E-state index contributed by atoms with van der Waals surface area (Å²) in [6.45, 7) is 0. The SMILES string of the molecule is c1ccc2sc(Nc3cccc4c5ccccc5c5ccccc5c34)cc2c1. The molecule has 2 heteroatoms. The van der Waals surface area contributed by atoms with Gasteiger partial charge in [-0.15, -0.1) is 11.3 Å². The van der Waals surface area contributed by atoms with E-state index in [9.17, 15) is 0 Å². The third-order valence-corrected chi connectivity index (χ3v) is 6.48. The maximum Gasteiger partial charge on any atom is 0.0939 e. The number of nitrogens with one attached hydrogen (secondary N) is 1. The van der Waals surface area contributed by atoms with E-state index in [0.29, 0.717) is 0 Å². The molecular formula is C26H17NS. The Kier molecular flexibility index (Phi) is 3.40. The van der Waals surface area contributed by atoms with E-state index in [1.165, 1.54) is 47.4 Å². The number of hydrogen-bond donors (Lipinski definition) is 1. The van der Waals surface area contributed by atoms with E-state index < -0.39 is 0 Å². The number of thiophene rings is 1. The molecule has 0 radical (unpaired) electrons. The molecule has 0 amide bonds.